The van der Waals surface area contributed by atoms with Crippen molar-refractivity contribution in [2.75, 3.05) is 0 Å². The Balaban J connectivity index is 3.22. The molecule has 0 aromatic heterocycles. The number of carboxylic acids is 1. The van der Waals surface area contributed by atoms with E-state index in [4.69, 9.17) is 5.11 Å². The lowest BCUT2D eigenvalue weighted by atomic mass is 10.0. The van der Waals surface area contributed by atoms with E-state index in [0.29, 0.717) is 6.42 Å². The minimum absolute atomic E-state index is 0.0815. The fraction of sp³-hybridized carbons (Fsp3) is 0.750. The Kier molecular flexibility index (Phi) is 12.5. The van der Waals surface area contributed by atoms with Crippen LogP contribution in [-0.2, 0) is 9.59 Å². The summed E-state index contributed by atoms with van der Waals surface area (Å²) in [5.74, 6) is -1.14. The number of ketones is 1. The molecule has 0 aliphatic rings. The van der Waals surface area contributed by atoms with Crippen LogP contribution in [0.15, 0.2) is 12.2 Å². The van der Waals surface area contributed by atoms with Crippen LogP contribution in [0.1, 0.15) is 77.6 Å². The van der Waals surface area contributed by atoms with Gasteiger partial charge in [0.05, 0.1) is 0 Å². The summed E-state index contributed by atoms with van der Waals surface area (Å²) >= 11 is 0. The summed E-state index contributed by atoms with van der Waals surface area (Å²) in [5, 5.41) is 8.37. The molecule has 0 unspecified atom stereocenters. The number of hydrogen-bond donors (Lipinski definition) is 1. The Labute approximate surface area is 117 Å². The Morgan fingerprint density at radius 1 is 0.789 bits per heavy atom. The Morgan fingerprint density at radius 3 is 1.74 bits per heavy atom. The maximum atomic E-state index is 11.2. The molecule has 0 amide bonds. The largest absolute Gasteiger partial charge is 0.478 e. The summed E-state index contributed by atoms with van der Waals surface area (Å²) in [5.41, 5.74) is 0. The molecule has 0 rings (SSSR count). The molecule has 3 nitrogen and oxygen atoms in total. The predicted octanol–water partition coefficient (Wildman–Crippen LogP) is 4.51. The molecular weight excluding hydrogens is 240 g/mol. The highest BCUT2D eigenvalue weighted by Crippen LogP contribution is 2.11. The molecule has 0 aliphatic carbocycles. The minimum Gasteiger partial charge on any atom is -0.478 e. The lowest BCUT2D eigenvalue weighted by Crippen LogP contribution is -1.95. The van der Waals surface area contributed by atoms with Gasteiger partial charge in [-0.3, -0.25) is 4.79 Å². The molecule has 0 atom stereocenters. The SMILES string of the molecule is CCCCCCCCCCCCC(=O)C=CC(=O)O. The first-order chi connectivity index (χ1) is 9.16. The van der Waals surface area contributed by atoms with Gasteiger partial charge >= 0.3 is 5.97 Å². The van der Waals surface area contributed by atoms with Gasteiger partial charge in [-0.05, 0) is 12.5 Å². The van der Waals surface area contributed by atoms with Crippen molar-refractivity contribution in [3.8, 4) is 0 Å². The number of carbonyl (C=O) groups is 2. The van der Waals surface area contributed by atoms with Crippen LogP contribution in [0.5, 0.6) is 0 Å². The summed E-state index contributed by atoms with van der Waals surface area (Å²) in [4.78, 5) is 21.4. The van der Waals surface area contributed by atoms with E-state index in [1.54, 1.807) is 0 Å². The molecule has 3 heteroatoms. The molecule has 0 radical (unpaired) electrons. The lowest BCUT2D eigenvalue weighted by molar-refractivity contribution is -0.131. The molecule has 0 spiro atoms. The van der Waals surface area contributed by atoms with Crippen LogP contribution >= 0.6 is 0 Å². The van der Waals surface area contributed by atoms with Gasteiger partial charge in [0.15, 0.2) is 5.78 Å². The van der Waals surface area contributed by atoms with Crippen molar-refractivity contribution in [1.29, 1.82) is 0 Å². The molecule has 0 aromatic carbocycles. The molecule has 1 N–H and O–H groups in total. The monoisotopic (exact) mass is 268 g/mol. The van der Waals surface area contributed by atoms with Crippen molar-refractivity contribution in [1.82, 2.24) is 0 Å². The minimum atomic E-state index is -1.06. The van der Waals surface area contributed by atoms with Crippen molar-refractivity contribution in [3.05, 3.63) is 12.2 Å². The smallest absolute Gasteiger partial charge is 0.328 e. The molecule has 0 fully saturated rings. The number of hydrogen-bond acceptors (Lipinski definition) is 2. The van der Waals surface area contributed by atoms with E-state index in [9.17, 15) is 9.59 Å². The van der Waals surface area contributed by atoms with E-state index in [1.807, 2.05) is 0 Å². The number of rotatable bonds is 13. The molecule has 0 saturated heterocycles. The summed E-state index contributed by atoms with van der Waals surface area (Å²) < 4.78 is 0. The van der Waals surface area contributed by atoms with E-state index in [0.717, 1.165) is 25.0 Å². The van der Waals surface area contributed by atoms with Crippen LogP contribution in [-0.4, -0.2) is 16.9 Å². The first kappa shape index (κ1) is 17.9. The van der Waals surface area contributed by atoms with Crippen molar-refractivity contribution in [2.45, 2.75) is 77.6 Å². The van der Waals surface area contributed by atoms with E-state index >= 15 is 0 Å². The van der Waals surface area contributed by atoms with Crippen molar-refractivity contribution in [3.63, 3.8) is 0 Å². The van der Waals surface area contributed by atoms with Crippen LogP contribution in [0.4, 0.5) is 0 Å². The van der Waals surface area contributed by atoms with Gasteiger partial charge in [-0.2, -0.15) is 0 Å². The van der Waals surface area contributed by atoms with Crippen LogP contribution in [0.2, 0.25) is 0 Å². The predicted molar refractivity (Wildman–Crippen MR) is 78.2 cm³/mol. The Morgan fingerprint density at radius 2 is 1.26 bits per heavy atom. The molecular formula is C16H28O3. The standard InChI is InChI=1S/C16H28O3/c1-2-3-4-5-6-7-8-9-10-11-12-15(17)13-14-16(18)19/h13-14H,2-12H2,1H3,(H,18,19). The van der Waals surface area contributed by atoms with Gasteiger partial charge in [-0.15, -0.1) is 0 Å². The highest BCUT2D eigenvalue weighted by Gasteiger charge is 1.98. The second kappa shape index (κ2) is 13.3. The van der Waals surface area contributed by atoms with Gasteiger partial charge in [0.1, 0.15) is 0 Å². The normalized spacial score (nSPS) is 11.0. The first-order valence-corrected chi connectivity index (χ1v) is 7.60. The second-order valence-corrected chi connectivity index (χ2v) is 5.07. The number of aliphatic carboxylic acids is 1. The van der Waals surface area contributed by atoms with Gasteiger partial charge in [-0.1, -0.05) is 64.7 Å². The zero-order valence-electron chi connectivity index (χ0n) is 12.2. The fourth-order valence-electron chi connectivity index (χ4n) is 2.03. The third kappa shape index (κ3) is 14.8. The average molecular weight is 268 g/mol. The first-order valence-electron chi connectivity index (χ1n) is 7.60. The van der Waals surface area contributed by atoms with E-state index in [1.165, 1.54) is 51.4 Å². The summed E-state index contributed by atoms with van der Waals surface area (Å²) in [6, 6.07) is 0. The van der Waals surface area contributed by atoms with E-state index < -0.39 is 5.97 Å². The van der Waals surface area contributed by atoms with Crippen LogP contribution < -0.4 is 0 Å². The fourth-order valence-corrected chi connectivity index (χ4v) is 2.03. The van der Waals surface area contributed by atoms with Gasteiger partial charge in [0, 0.05) is 12.5 Å². The van der Waals surface area contributed by atoms with E-state index in [-0.39, 0.29) is 5.78 Å². The zero-order valence-corrected chi connectivity index (χ0v) is 12.2. The van der Waals surface area contributed by atoms with Crippen molar-refractivity contribution < 1.29 is 14.7 Å². The molecule has 0 bridgehead atoms. The summed E-state index contributed by atoms with van der Waals surface area (Å²) in [7, 11) is 0. The maximum Gasteiger partial charge on any atom is 0.328 e. The molecule has 0 aliphatic heterocycles. The zero-order chi connectivity index (χ0) is 14.3. The molecule has 0 aromatic rings. The number of allylic oxidation sites excluding steroid dienone is 1. The lowest BCUT2D eigenvalue weighted by Gasteiger charge is -2.01. The van der Waals surface area contributed by atoms with Crippen molar-refractivity contribution >= 4 is 11.8 Å². The van der Waals surface area contributed by atoms with Gasteiger partial charge in [-0.25, -0.2) is 4.79 Å². The van der Waals surface area contributed by atoms with Crippen molar-refractivity contribution in [2.24, 2.45) is 0 Å². The third-order valence-electron chi connectivity index (χ3n) is 3.19. The van der Waals surface area contributed by atoms with Gasteiger partial charge in [0.2, 0.25) is 0 Å². The average Bonchev–Trinajstić information content (AvgIpc) is 2.38. The topological polar surface area (TPSA) is 54.4 Å². The quantitative estimate of drug-likeness (QED) is 0.395. The third-order valence-corrected chi connectivity index (χ3v) is 3.19. The van der Waals surface area contributed by atoms with Crippen LogP contribution in [0, 0.1) is 0 Å². The van der Waals surface area contributed by atoms with Crippen LogP contribution in [0.25, 0.3) is 0 Å². The number of carbonyl (C=O) groups excluding carboxylic acids is 1. The second-order valence-electron chi connectivity index (χ2n) is 5.07. The maximum absolute atomic E-state index is 11.2. The highest BCUT2D eigenvalue weighted by molar-refractivity contribution is 5.95. The number of unbranched alkanes of at least 4 members (excludes halogenated alkanes) is 9. The number of carboxylic acid groups (broad SMARTS) is 1. The van der Waals surface area contributed by atoms with E-state index in [2.05, 4.69) is 6.92 Å². The highest BCUT2D eigenvalue weighted by atomic mass is 16.4. The molecule has 19 heavy (non-hydrogen) atoms. The Bertz CT molecular complexity index is 269. The molecule has 110 valence electrons. The molecule has 0 heterocycles. The summed E-state index contributed by atoms with van der Waals surface area (Å²) in [6.07, 6.45) is 14.9. The Hall–Kier alpha value is -1.12. The summed E-state index contributed by atoms with van der Waals surface area (Å²) in [6.45, 7) is 2.23. The van der Waals surface area contributed by atoms with Crippen LogP contribution in [0.3, 0.4) is 0 Å². The van der Waals surface area contributed by atoms with Gasteiger partial charge in [0.25, 0.3) is 0 Å². The molecule has 0 saturated carbocycles. The van der Waals surface area contributed by atoms with Gasteiger partial charge < -0.3 is 5.11 Å².